The van der Waals surface area contributed by atoms with Crippen LogP contribution >= 0.6 is 0 Å². The van der Waals surface area contributed by atoms with Crippen LogP contribution in [0.4, 0.5) is 5.95 Å². The molecule has 0 spiro atoms. The third-order valence-electron chi connectivity index (χ3n) is 5.31. The normalized spacial score (nSPS) is 15.3. The zero-order chi connectivity index (χ0) is 18.1. The van der Waals surface area contributed by atoms with E-state index in [1.165, 1.54) is 6.42 Å². The molecule has 0 bridgehead atoms. The fourth-order valence-electron chi connectivity index (χ4n) is 3.59. The summed E-state index contributed by atoms with van der Waals surface area (Å²) in [5.74, 6) is 1.48. The zero-order valence-corrected chi connectivity index (χ0v) is 15.2. The van der Waals surface area contributed by atoms with Crippen molar-refractivity contribution in [1.29, 1.82) is 0 Å². The molecule has 1 aliphatic rings. The predicted molar refractivity (Wildman–Crippen MR) is 102 cm³/mol. The van der Waals surface area contributed by atoms with Gasteiger partial charge in [0.15, 0.2) is 0 Å². The van der Waals surface area contributed by atoms with Gasteiger partial charge in [0.2, 0.25) is 11.9 Å². The minimum Gasteiger partial charge on any atom is -0.331 e. The molecule has 6 heteroatoms. The second kappa shape index (κ2) is 6.86. The molecule has 0 unspecified atom stereocenters. The highest BCUT2D eigenvalue weighted by Gasteiger charge is 2.21. The fraction of sp³-hybridized carbons (Fsp3) is 0.400. The molecular weight excluding hydrogens is 326 g/mol. The second-order valence-electron chi connectivity index (χ2n) is 7.04. The van der Waals surface area contributed by atoms with Crippen molar-refractivity contribution in [3.63, 3.8) is 0 Å². The van der Waals surface area contributed by atoms with Gasteiger partial charge in [-0.25, -0.2) is 15.0 Å². The maximum Gasteiger partial charge on any atom is 0.229 e. The molecule has 4 rings (SSSR count). The van der Waals surface area contributed by atoms with E-state index in [9.17, 15) is 4.79 Å². The minimum atomic E-state index is 0.0439. The van der Waals surface area contributed by atoms with E-state index >= 15 is 0 Å². The maximum absolute atomic E-state index is 12.4. The molecule has 6 nitrogen and oxygen atoms in total. The molecule has 26 heavy (non-hydrogen) atoms. The largest absolute Gasteiger partial charge is 0.331 e. The Morgan fingerprint density at radius 2 is 1.96 bits per heavy atom. The average molecular weight is 349 g/mol. The Balaban J connectivity index is 1.61. The number of aromatic nitrogens is 4. The number of imidazole rings is 1. The summed E-state index contributed by atoms with van der Waals surface area (Å²) in [6.45, 7) is 1.98. The molecule has 0 saturated heterocycles. The monoisotopic (exact) mass is 349 g/mol. The Bertz CT molecular complexity index is 956. The average Bonchev–Trinajstić information content (AvgIpc) is 3.00. The van der Waals surface area contributed by atoms with Gasteiger partial charge in [0.25, 0.3) is 0 Å². The van der Waals surface area contributed by atoms with Gasteiger partial charge in [0, 0.05) is 30.1 Å². The highest BCUT2D eigenvalue weighted by molar-refractivity contribution is 5.92. The van der Waals surface area contributed by atoms with E-state index in [0.29, 0.717) is 5.95 Å². The number of carbonyl (C=O) groups excluding carboxylic acids is 1. The van der Waals surface area contributed by atoms with Crippen LogP contribution in [-0.2, 0) is 11.8 Å². The van der Waals surface area contributed by atoms with Gasteiger partial charge in [-0.1, -0.05) is 31.4 Å². The Morgan fingerprint density at radius 3 is 2.69 bits per heavy atom. The van der Waals surface area contributed by atoms with Gasteiger partial charge in [0.1, 0.15) is 5.82 Å². The number of fused-ring (bicyclic) bond motifs is 1. The van der Waals surface area contributed by atoms with E-state index in [1.54, 1.807) is 6.20 Å². The van der Waals surface area contributed by atoms with Crippen molar-refractivity contribution in [2.24, 2.45) is 13.0 Å². The number of anilines is 1. The number of aryl methyl sites for hydroxylation is 1. The molecule has 1 N–H and O–H groups in total. The van der Waals surface area contributed by atoms with E-state index in [2.05, 4.69) is 20.3 Å². The van der Waals surface area contributed by atoms with E-state index in [1.807, 2.05) is 42.9 Å². The Kier molecular flexibility index (Phi) is 4.41. The molecule has 0 radical (unpaired) electrons. The summed E-state index contributed by atoms with van der Waals surface area (Å²) in [6.07, 6.45) is 9.04. The van der Waals surface area contributed by atoms with E-state index in [0.717, 1.165) is 53.7 Å². The Morgan fingerprint density at radius 1 is 1.15 bits per heavy atom. The molecule has 2 heterocycles. The lowest BCUT2D eigenvalue weighted by atomic mass is 9.89. The molecular formula is C20H23N5O. The zero-order valence-electron chi connectivity index (χ0n) is 15.2. The van der Waals surface area contributed by atoms with Gasteiger partial charge < -0.3 is 4.57 Å². The molecule has 134 valence electrons. The first-order valence-corrected chi connectivity index (χ1v) is 9.18. The van der Waals surface area contributed by atoms with Crippen molar-refractivity contribution in [1.82, 2.24) is 19.5 Å². The lowest BCUT2D eigenvalue weighted by Gasteiger charge is -2.20. The van der Waals surface area contributed by atoms with Crippen molar-refractivity contribution in [3.05, 3.63) is 36.4 Å². The first kappa shape index (κ1) is 16.7. The summed E-state index contributed by atoms with van der Waals surface area (Å²) in [4.78, 5) is 25.7. The summed E-state index contributed by atoms with van der Waals surface area (Å²) in [5, 5.41) is 3.85. The summed E-state index contributed by atoms with van der Waals surface area (Å²) in [7, 11) is 2.00. The number of benzene rings is 1. The summed E-state index contributed by atoms with van der Waals surface area (Å²) in [5.41, 5.74) is 2.90. The van der Waals surface area contributed by atoms with Gasteiger partial charge in [-0.15, -0.1) is 0 Å². The van der Waals surface area contributed by atoms with Gasteiger partial charge in [-0.3, -0.25) is 10.1 Å². The van der Waals surface area contributed by atoms with Crippen molar-refractivity contribution in [2.75, 3.05) is 5.32 Å². The van der Waals surface area contributed by atoms with E-state index in [-0.39, 0.29) is 11.8 Å². The number of carbonyl (C=O) groups is 1. The summed E-state index contributed by atoms with van der Waals surface area (Å²) in [6, 6.07) is 6.06. The molecule has 1 saturated carbocycles. The third kappa shape index (κ3) is 3.19. The van der Waals surface area contributed by atoms with Crippen LogP contribution in [0.5, 0.6) is 0 Å². The highest BCUT2D eigenvalue weighted by Crippen LogP contribution is 2.26. The fourth-order valence-corrected chi connectivity index (χ4v) is 3.59. The van der Waals surface area contributed by atoms with Gasteiger partial charge in [-0.05, 0) is 25.8 Å². The van der Waals surface area contributed by atoms with E-state index in [4.69, 9.17) is 0 Å². The SMILES string of the molecule is Cc1ncc(-c2ccc3cnc(NC(=O)C4CCCCC4)nc3c2)n1C. The Labute approximate surface area is 152 Å². The molecule has 1 aromatic carbocycles. The molecule has 0 aliphatic heterocycles. The lowest BCUT2D eigenvalue weighted by Crippen LogP contribution is -2.25. The van der Waals surface area contributed by atoms with Gasteiger partial charge in [-0.2, -0.15) is 0 Å². The van der Waals surface area contributed by atoms with Crippen LogP contribution in [0.15, 0.2) is 30.6 Å². The van der Waals surface area contributed by atoms with Crippen LogP contribution in [0.25, 0.3) is 22.2 Å². The molecule has 1 fully saturated rings. The highest BCUT2D eigenvalue weighted by atomic mass is 16.2. The number of rotatable bonds is 3. The maximum atomic E-state index is 12.4. The van der Waals surface area contributed by atoms with Crippen LogP contribution in [0.2, 0.25) is 0 Å². The summed E-state index contributed by atoms with van der Waals surface area (Å²) >= 11 is 0. The smallest absolute Gasteiger partial charge is 0.229 e. The lowest BCUT2D eigenvalue weighted by molar-refractivity contribution is -0.120. The van der Waals surface area contributed by atoms with Crippen LogP contribution in [0.1, 0.15) is 37.9 Å². The molecule has 3 aromatic rings. The minimum absolute atomic E-state index is 0.0439. The number of hydrogen-bond donors (Lipinski definition) is 1. The van der Waals surface area contributed by atoms with Crippen molar-refractivity contribution < 1.29 is 4.79 Å². The first-order chi connectivity index (χ1) is 12.6. The van der Waals surface area contributed by atoms with E-state index < -0.39 is 0 Å². The molecule has 1 aliphatic carbocycles. The first-order valence-electron chi connectivity index (χ1n) is 9.18. The van der Waals surface area contributed by atoms with Crippen molar-refractivity contribution in [3.8, 4) is 11.3 Å². The molecule has 1 amide bonds. The number of nitrogens with zero attached hydrogens (tertiary/aromatic N) is 4. The number of nitrogens with one attached hydrogen (secondary N) is 1. The number of hydrogen-bond acceptors (Lipinski definition) is 4. The quantitative estimate of drug-likeness (QED) is 0.779. The van der Waals surface area contributed by atoms with Crippen LogP contribution in [0, 0.1) is 12.8 Å². The van der Waals surface area contributed by atoms with Gasteiger partial charge >= 0.3 is 0 Å². The van der Waals surface area contributed by atoms with Crippen LogP contribution < -0.4 is 5.32 Å². The van der Waals surface area contributed by atoms with Crippen molar-refractivity contribution >= 4 is 22.8 Å². The molecule has 2 aromatic heterocycles. The standard InChI is InChI=1S/C20H23N5O/c1-13-21-12-18(25(13)2)15-8-9-16-11-22-20(23-17(16)10-15)24-19(26)14-6-4-3-5-7-14/h8-12,14H,3-7H2,1-2H3,(H,22,23,24,26). The van der Waals surface area contributed by atoms with Crippen molar-refractivity contribution in [2.45, 2.75) is 39.0 Å². The predicted octanol–water partition coefficient (Wildman–Crippen LogP) is 3.86. The number of amides is 1. The topological polar surface area (TPSA) is 72.7 Å². The second-order valence-corrected chi connectivity index (χ2v) is 7.04. The summed E-state index contributed by atoms with van der Waals surface area (Å²) < 4.78 is 2.05. The van der Waals surface area contributed by atoms with Crippen LogP contribution in [-0.4, -0.2) is 25.4 Å². The molecule has 0 atom stereocenters. The van der Waals surface area contributed by atoms with Crippen LogP contribution in [0.3, 0.4) is 0 Å². The Hall–Kier alpha value is -2.76. The third-order valence-corrected chi connectivity index (χ3v) is 5.31. The van der Waals surface area contributed by atoms with Gasteiger partial charge in [0.05, 0.1) is 17.4 Å².